The van der Waals surface area contributed by atoms with Crippen molar-refractivity contribution in [1.82, 2.24) is 10.2 Å². The number of benzene rings is 1. The Morgan fingerprint density at radius 1 is 1.46 bits per heavy atom. The van der Waals surface area contributed by atoms with Gasteiger partial charge < -0.3 is 24.4 Å². The van der Waals surface area contributed by atoms with Crippen LogP contribution in [0.4, 0.5) is 0 Å². The van der Waals surface area contributed by atoms with Gasteiger partial charge >= 0.3 is 0 Å². The lowest BCUT2D eigenvalue weighted by atomic mass is 10.1. The summed E-state index contributed by atoms with van der Waals surface area (Å²) in [6.45, 7) is 6.64. The smallest absolute Gasteiger partial charge is 0.231 e. The highest BCUT2D eigenvalue weighted by molar-refractivity contribution is 9.10. The van der Waals surface area contributed by atoms with Crippen LogP contribution in [0.2, 0.25) is 0 Å². The minimum absolute atomic E-state index is 0.276. The molecule has 3 rings (SSSR count). The maximum atomic E-state index is 5.47. The molecular formula is C17H24BrN3O3. The second kappa shape index (κ2) is 8.07. The first-order valence-corrected chi connectivity index (χ1v) is 9.10. The predicted octanol–water partition coefficient (Wildman–Crippen LogP) is 2.61. The Balaban J connectivity index is 1.69. The van der Waals surface area contributed by atoms with Gasteiger partial charge in [-0.2, -0.15) is 0 Å². The summed E-state index contributed by atoms with van der Waals surface area (Å²) in [6.07, 6.45) is 1.15. The molecule has 0 aliphatic carbocycles. The molecule has 0 radical (unpaired) electrons. The molecule has 1 aromatic carbocycles. The van der Waals surface area contributed by atoms with Gasteiger partial charge in [0.05, 0.1) is 17.6 Å². The molecule has 2 heterocycles. The van der Waals surface area contributed by atoms with Crippen LogP contribution in [0, 0.1) is 5.92 Å². The summed E-state index contributed by atoms with van der Waals surface area (Å²) in [5.74, 6) is 3.10. The summed E-state index contributed by atoms with van der Waals surface area (Å²) in [5, 5.41) is 3.39. The van der Waals surface area contributed by atoms with Crippen molar-refractivity contribution < 1.29 is 14.2 Å². The number of rotatable bonds is 5. The Morgan fingerprint density at radius 3 is 3.12 bits per heavy atom. The van der Waals surface area contributed by atoms with Crippen LogP contribution in [0.1, 0.15) is 18.9 Å². The highest BCUT2D eigenvalue weighted by Gasteiger charge is 2.25. The van der Waals surface area contributed by atoms with Gasteiger partial charge in [0.2, 0.25) is 6.79 Å². The van der Waals surface area contributed by atoms with Gasteiger partial charge in [0, 0.05) is 32.7 Å². The Morgan fingerprint density at radius 2 is 2.33 bits per heavy atom. The molecule has 24 heavy (non-hydrogen) atoms. The van der Waals surface area contributed by atoms with E-state index in [0.717, 1.165) is 60.2 Å². The zero-order valence-electron chi connectivity index (χ0n) is 14.2. The number of nitrogens with one attached hydrogen (secondary N) is 1. The number of halogens is 1. The second-order valence-corrected chi connectivity index (χ2v) is 6.89. The maximum Gasteiger partial charge on any atom is 0.231 e. The summed E-state index contributed by atoms with van der Waals surface area (Å²) < 4.78 is 17.1. The van der Waals surface area contributed by atoms with Gasteiger partial charge in [-0.1, -0.05) is 0 Å². The SMILES string of the molecule is CCNC(=NCc1cc(Br)c2c(c1)OCO2)N1CCC(COC)C1. The van der Waals surface area contributed by atoms with Crippen LogP contribution in [0.25, 0.3) is 0 Å². The fraction of sp³-hybridized carbons (Fsp3) is 0.588. The molecule has 1 saturated heterocycles. The molecule has 1 unspecified atom stereocenters. The molecule has 2 aliphatic rings. The van der Waals surface area contributed by atoms with Gasteiger partial charge in [-0.25, -0.2) is 4.99 Å². The van der Waals surface area contributed by atoms with Crippen molar-refractivity contribution in [2.45, 2.75) is 19.9 Å². The monoisotopic (exact) mass is 397 g/mol. The molecule has 0 bridgehead atoms. The van der Waals surface area contributed by atoms with E-state index in [4.69, 9.17) is 19.2 Å². The van der Waals surface area contributed by atoms with Crippen molar-refractivity contribution in [3.8, 4) is 11.5 Å². The fourth-order valence-corrected chi connectivity index (χ4v) is 3.70. The number of fused-ring (bicyclic) bond motifs is 1. The van der Waals surface area contributed by atoms with Crippen LogP contribution in [-0.4, -0.2) is 51.0 Å². The molecule has 0 aromatic heterocycles. The first-order chi connectivity index (χ1) is 11.7. The normalized spacial score (nSPS) is 19.9. The molecule has 1 N–H and O–H groups in total. The number of ether oxygens (including phenoxy) is 3. The van der Waals surface area contributed by atoms with Crippen molar-refractivity contribution >= 4 is 21.9 Å². The van der Waals surface area contributed by atoms with Crippen molar-refractivity contribution in [3.63, 3.8) is 0 Å². The Kier molecular flexibility index (Phi) is 5.84. The molecule has 0 amide bonds. The second-order valence-electron chi connectivity index (χ2n) is 6.04. The molecule has 1 aromatic rings. The third-order valence-electron chi connectivity index (χ3n) is 4.22. The van der Waals surface area contributed by atoms with Crippen LogP contribution in [0.5, 0.6) is 11.5 Å². The van der Waals surface area contributed by atoms with Gasteiger partial charge in [-0.05, 0) is 47.0 Å². The lowest BCUT2D eigenvalue weighted by Crippen LogP contribution is -2.40. The number of guanidine groups is 1. The van der Waals surface area contributed by atoms with Crippen LogP contribution in [0.15, 0.2) is 21.6 Å². The summed E-state index contributed by atoms with van der Waals surface area (Å²) in [4.78, 5) is 7.12. The van der Waals surface area contributed by atoms with Gasteiger partial charge in [-0.3, -0.25) is 0 Å². The Hall–Kier alpha value is -1.47. The van der Waals surface area contributed by atoms with Crippen molar-refractivity contribution in [3.05, 3.63) is 22.2 Å². The number of hydrogen-bond donors (Lipinski definition) is 1. The first kappa shape index (κ1) is 17.4. The van der Waals surface area contributed by atoms with E-state index in [9.17, 15) is 0 Å². The van der Waals surface area contributed by atoms with E-state index in [2.05, 4.69) is 33.1 Å². The fourth-order valence-electron chi connectivity index (χ4n) is 3.10. The average molecular weight is 398 g/mol. The molecule has 6 nitrogen and oxygen atoms in total. The first-order valence-electron chi connectivity index (χ1n) is 8.31. The van der Waals surface area contributed by atoms with E-state index in [1.807, 2.05) is 12.1 Å². The van der Waals surface area contributed by atoms with E-state index < -0.39 is 0 Å². The van der Waals surface area contributed by atoms with Crippen LogP contribution < -0.4 is 14.8 Å². The Bertz CT molecular complexity index is 609. The zero-order valence-corrected chi connectivity index (χ0v) is 15.8. The highest BCUT2D eigenvalue weighted by atomic mass is 79.9. The summed E-state index contributed by atoms with van der Waals surface area (Å²) in [7, 11) is 1.76. The number of nitrogens with zero attached hydrogens (tertiary/aromatic N) is 2. The number of likely N-dealkylation sites (tertiary alicyclic amines) is 1. The maximum absolute atomic E-state index is 5.47. The third-order valence-corrected chi connectivity index (χ3v) is 4.81. The molecule has 1 fully saturated rings. The minimum Gasteiger partial charge on any atom is -0.454 e. The van der Waals surface area contributed by atoms with Gasteiger partial charge in [0.1, 0.15) is 0 Å². The van der Waals surface area contributed by atoms with E-state index in [1.165, 1.54) is 0 Å². The zero-order chi connectivity index (χ0) is 16.9. The summed E-state index contributed by atoms with van der Waals surface area (Å²) >= 11 is 3.53. The number of hydrogen-bond acceptors (Lipinski definition) is 4. The number of aliphatic imine (C=N–C) groups is 1. The van der Waals surface area contributed by atoms with Crippen molar-refractivity contribution in [1.29, 1.82) is 0 Å². The van der Waals surface area contributed by atoms with Crippen molar-refractivity contribution in [2.75, 3.05) is 40.1 Å². The van der Waals surface area contributed by atoms with Crippen LogP contribution >= 0.6 is 15.9 Å². The Labute approximate surface area is 151 Å². The van der Waals surface area contributed by atoms with Gasteiger partial charge in [-0.15, -0.1) is 0 Å². The van der Waals surface area contributed by atoms with E-state index in [0.29, 0.717) is 12.5 Å². The van der Waals surface area contributed by atoms with Crippen LogP contribution in [0.3, 0.4) is 0 Å². The molecule has 2 aliphatic heterocycles. The molecule has 0 saturated carbocycles. The van der Waals surface area contributed by atoms with E-state index >= 15 is 0 Å². The molecule has 132 valence electrons. The summed E-state index contributed by atoms with van der Waals surface area (Å²) in [5.41, 5.74) is 1.09. The third kappa shape index (κ3) is 3.95. The van der Waals surface area contributed by atoms with E-state index in [-0.39, 0.29) is 6.79 Å². The lowest BCUT2D eigenvalue weighted by Gasteiger charge is -2.21. The topological polar surface area (TPSA) is 55.3 Å². The van der Waals surface area contributed by atoms with Gasteiger partial charge in [0.15, 0.2) is 17.5 Å². The predicted molar refractivity (Wildman–Crippen MR) is 96.6 cm³/mol. The highest BCUT2D eigenvalue weighted by Crippen LogP contribution is 2.40. The van der Waals surface area contributed by atoms with Crippen LogP contribution in [-0.2, 0) is 11.3 Å². The molecule has 0 spiro atoms. The van der Waals surface area contributed by atoms with Gasteiger partial charge in [0.25, 0.3) is 0 Å². The molecule has 7 heteroatoms. The lowest BCUT2D eigenvalue weighted by molar-refractivity contribution is 0.157. The van der Waals surface area contributed by atoms with Crippen molar-refractivity contribution in [2.24, 2.45) is 10.9 Å². The minimum atomic E-state index is 0.276. The quantitative estimate of drug-likeness (QED) is 0.611. The van der Waals surface area contributed by atoms with E-state index in [1.54, 1.807) is 7.11 Å². The standard InChI is InChI=1S/C17H24BrN3O3/c1-3-19-17(21-5-4-12(9-21)10-22-2)20-8-13-6-14(18)16-15(7-13)23-11-24-16/h6-7,12H,3-5,8-11H2,1-2H3,(H,19,20). The average Bonchev–Trinajstić information content (AvgIpc) is 3.21. The largest absolute Gasteiger partial charge is 0.454 e. The molecule has 1 atom stereocenters. The molecular weight excluding hydrogens is 374 g/mol. The summed E-state index contributed by atoms with van der Waals surface area (Å²) in [6, 6.07) is 4.04. The number of methoxy groups -OCH3 is 1.